The largest absolute Gasteiger partial charge is 0.545 e. The number of alkyl halides is 3. The van der Waals surface area contributed by atoms with E-state index in [0.29, 0.717) is 0 Å². The molecule has 0 aliphatic carbocycles. The Morgan fingerprint density at radius 1 is 1.17 bits per heavy atom. The molecule has 0 radical (unpaired) electrons. The first-order chi connectivity index (χ1) is 10.6. The molecule has 10 heteroatoms. The van der Waals surface area contributed by atoms with Gasteiger partial charge in [0.25, 0.3) is 0 Å². The van der Waals surface area contributed by atoms with Gasteiger partial charge in [-0.25, -0.2) is 0 Å². The summed E-state index contributed by atoms with van der Waals surface area (Å²) in [5.74, 6) is -6.04. The van der Waals surface area contributed by atoms with Gasteiger partial charge in [0.2, 0.25) is 0 Å². The van der Waals surface area contributed by atoms with E-state index in [1.165, 1.54) is 29.7 Å². The minimum absolute atomic E-state index is 0.131. The number of hydrogen-bond donors (Lipinski definition) is 1. The van der Waals surface area contributed by atoms with Crippen LogP contribution >= 0.6 is 11.6 Å². The van der Waals surface area contributed by atoms with E-state index in [1.54, 1.807) is 0 Å². The summed E-state index contributed by atoms with van der Waals surface area (Å²) in [4.78, 5) is 22.4. The summed E-state index contributed by atoms with van der Waals surface area (Å²) < 4.78 is 39.0. The lowest BCUT2D eigenvalue weighted by Gasteiger charge is -2.31. The number of halogens is 4. The van der Waals surface area contributed by atoms with E-state index in [0.717, 1.165) is 0 Å². The van der Waals surface area contributed by atoms with Crippen LogP contribution < -0.4 is 15.6 Å². The summed E-state index contributed by atoms with van der Waals surface area (Å²) in [5.41, 5.74) is -2.80. The molecule has 1 aliphatic rings. The molecule has 0 saturated heterocycles. The summed E-state index contributed by atoms with van der Waals surface area (Å²) in [5, 5.41) is 25.3. The number of hydrogen-bond acceptors (Lipinski definition) is 6. The highest BCUT2D eigenvalue weighted by atomic mass is 35.5. The summed E-state index contributed by atoms with van der Waals surface area (Å²) in [6.07, 6.45) is -5.12. The Balaban J connectivity index is 2.77. The fourth-order valence-corrected chi connectivity index (χ4v) is 2.38. The SMILES string of the molecule is O=C([O-])C1=NNC(C(F)(F)F)=C(C(=O)[O-])C1c1ccccc1Cl. The second-order valence-corrected chi connectivity index (χ2v) is 4.83. The number of carbonyl (C=O) groups excluding carboxylic acids is 2. The number of carboxylic acids is 2. The standard InChI is InChI=1S/C13H8ClF3N2O4/c14-6-4-2-1-3-5(6)7-8(11(20)21)10(13(15,16)17)19-18-9(7)12(22)23/h1-4,7,19H,(H,20,21)(H,22,23)/p-2. The van der Waals surface area contributed by atoms with Crippen LogP contribution in [0.1, 0.15) is 11.5 Å². The molecule has 2 rings (SSSR count). The number of rotatable bonds is 3. The van der Waals surface area contributed by atoms with Crippen LogP contribution in [0.3, 0.4) is 0 Å². The lowest BCUT2D eigenvalue weighted by atomic mass is 9.84. The number of hydrazone groups is 1. The van der Waals surface area contributed by atoms with Gasteiger partial charge < -0.3 is 19.8 Å². The number of nitrogens with one attached hydrogen (secondary N) is 1. The number of nitrogens with zero attached hydrogens (tertiary/aromatic N) is 1. The van der Waals surface area contributed by atoms with Crippen molar-refractivity contribution in [3.8, 4) is 0 Å². The third-order valence-corrected chi connectivity index (χ3v) is 3.39. The molecule has 1 atom stereocenters. The maximum absolute atomic E-state index is 13.0. The number of allylic oxidation sites excluding steroid dienone is 1. The van der Waals surface area contributed by atoms with E-state index in [2.05, 4.69) is 5.10 Å². The zero-order valence-corrected chi connectivity index (χ0v) is 11.7. The smallest absolute Gasteiger partial charge is 0.433 e. The lowest BCUT2D eigenvalue weighted by Crippen LogP contribution is -2.46. The second-order valence-electron chi connectivity index (χ2n) is 4.42. The lowest BCUT2D eigenvalue weighted by molar-refractivity contribution is -0.300. The van der Waals surface area contributed by atoms with Gasteiger partial charge in [-0.05, 0) is 11.6 Å². The molecule has 0 spiro atoms. The van der Waals surface area contributed by atoms with Crippen molar-refractivity contribution < 1.29 is 33.0 Å². The Morgan fingerprint density at radius 2 is 1.78 bits per heavy atom. The van der Waals surface area contributed by atoms with Crippen molar-refractivity contribution in [2.75, 3.05) is 0 Å². The van der Waals surface area contributed by atoms with Crippen LogP contribution in [-0.4, -0.2) is 23.8 Å². The van der Waals surface area contributed by atoms with Gasteiger partial charge in [-0.3, -0.25) is 5.43 Å². The maximum Gasteiger partial charge on any atom is 0.433 e. The second kappa shape index (κ2) is 5.92. The van der Waals surface area contributed by atoms with E-state index < -0.39 is 41.0 Å². The van der Waals surface area contributed by atoms with Gasteiger partial charge in [0.05, 0.1) is 23.6 Å². The van der Waals surface area contributed by atoms with Crippen molar-refractivity contribution in [3.05, 3.63) is 46.1 Å². The molecule has 1 heterocycles. The highest BCUT2D eigenvalue weighted by Crippen LogP contribution is 2.38. The highest BCUT2D eigenvalue weighted by molar-refractivity contribution is 6.40. The topological polar surface area (TPSA) is 105 Å². The van der Waals surface area contributed by atoms with Crippen molar-refractivity contribution in [1.82, 2.24) is 5.43 Å². The first-order valence-corrected chi connectivity index (χ1v) is 6.34. The molecule has 1 aromatic rings. The molecule has 1 aromatic carbocycles. The minimum Gasteiger partial charge on any atom is -0.545 e. The Labute approximate surface area is 131 Å². The van der Waals surface area contributed by atoms with Gasteiger partial charge in [-0.1, -0.05) is 29.8 Å². The van der Waals surface area contributed by atoms with Gasteiger partial charge in [0, 0.05) is 10.6 Å². The summed E-state index contributed by atoms with van der Waals surface area (Å²) in [7, 11) is 0. The van der Waals surface area contributed by atoms with E-state index in [9.17, 15) is 33.0 Å². The molecule has 0 bridgehead atoms. The summed E-state index contributed by atoms with van der Waals surface area (Å²) in [6.45, 7) is 0. The van der Waals surface area contributed by atoms with Crippen LogP contribution in [0.25, 0.3) is 0 Å². The fourth-order valence-electron chi connectivity index (χ4n) is 2.13. The van der Waals surface area contributed by atoms with Gasteiger partial charge >= 0.3 is 6.18 Å². The average molecular weight is 347 g/mol. The zero-order valence-electron chi connectivity index (χ0n) is 11.0. The van der Waals surface area contributed by atoms with E-state index in [1.807, 2.05) is 0 Å². The van der Waals surface area contributed by atoms with Crippen LogP contribution in [0.5, 0.6) is 0 Å². The molecule has 0 amide bonds. The van der Waals surface area contributed by atoms with E-state index in [-0.39, 0.29) is 10.6 Å². The third-order valence-electron chi connectivity index (χ3n) is 3.05. The normalized spacial score (nSPS) is 18.3. The van der Waals surface area contributed by atoms with E-state index >= 15 is 0 Å². The van der Waals surface area contributed by atoms with Gasteiger partial charge in [-0.2, -0.15) is 18.3 Å². The molecule has 1 unspecified atom stereocenters. The predicted molar refractivity (Wildman–Crippen MR) is 67.9 cm³/mol. The molecule has 122 valence electrons. The van der Waals surface area contributed by atoms with Crippen molar-refractivity contribution in [3.63, 3.8) is 0 Å². The molecular weight excluding hydrogens is 341 g/mol. The molecule has 1 N–H and O–H groups in total. The van der Waals surface area contributed by atoms with E-state index in [4.69, 9.17) is 11.6 Å². The monoisotopic (exact) mass is 346 g/mol. The molecule has 0 aromatic heterocycles. The highest BCUT2D eigenvalue weighted by Gasteiger charge is 2.43. The quantitative estimate of drug-likeness (QED) is 0.809. The first-order valence-electron chi connectivity index (χ1n) is 5.96. The van der Waals surface area contributed by atoms with Crippen LogP contribution in [0, 0.1) is 0 Å². The van der Waals surface area contributed by atoms with Crippen molar-refractivity contribution >= 4 is 29.3 Å². The Morgan fingerprint density at radius 3 is 2.26 bits per heavy atom. The number of benzene rings is 1. The molecular formula is C13H6ClF3N2O4-2. The average Bonchev–Trinajstić information content (AvgIpc) is 2.45. The van der Waals surface area contributed by atoms with Gasteiger partial charge in [0.1, 0.15) is 5.70 Å². The molecule has 23 heavy (non-hydrogen) atoms. The number of aliphatic carboxylic acids is 2. The summed E-state index contributed by atoms with van der Waals surface area (Å²) >= 11 is 5.85. The van der Waals surface area contributed by atoms with Crippen molar-refractivity contribution in [1.29, 1.82) is 0 Å². The Kier molecular flexibility index (Phi) is 4.33. The predicted octanol–water partition coefficient (Wildman–Crippen LogP) is -0.301. The van der Waals surface area contributed by atoms with Gasteiger partial charge in [-0.15, -0.1) is 0 Å². The summed E-state index contributed by atoms with van der Waals surface area (Å²) in [6, 6.07) is 5.26. The third kappa shape index (κ3) is 3.14. The van der Waals surface area contributed by atoms with Crippen LogP contribution in [0.15, 0.2) is 40.6 Å². The van der Waals surface area contributed by atoms with Crippen LogP contribution in [-0.2, 0) is 9.59 Å². The zero-order chi connectivity index (χ0) is 17.4. The molecule has 6 nitrogen and oxygen atoms in total. The fraction of sp³-hybridized carbons (Fsp3) is 0.154. The Bertz CT molecular complexity index is 743. The Hall–Kier alpha value is -2.55. The molecule has 0 fully saturated rings. The molecule has 0 saturated carbocycles. The minimum atomic E-state index is -5.12. The van der Waals surface area contributed by atoms with Crippen molar-refractivity contribution in [2.24, 2.45) is 5.10 Å². The molecule has 1 aliphatic heterocycles. The number of carboxylic acid groups (broad SMARTS) is 2. The van der Waals surface area contributed by atoms with Crippen molar-refractivity contribution in [2.45, 2.75) is 12.1 Å². The van der Waals surface area contributed by atoms with Gasteiger partial charge in [0.15, 0.2) is 0 Å². The maximum atomic E-state index is 13.0. The first kappa shape index (κ1) is 16.8. The van der Waals surface area contributed by atoms with Crippen LogP contribution in [0.4, 0.5) is 13.2 Å². The van der Waals surface area contributed by atoms with Crippen LogP contribution in [0.2, 0.25) is 5.02 Å². The number of carbonyl (C=O) groups is 2.